The Kier molecular flexibility index (Phi) is 5.56. The normalized spacial score (nSPS) is 17.0. The van der Waals surface area contributed by atoms with Crippen molar-refractivity contribution in [1.82, 2.24) is 29.8 Å². The minimum atomic E-state index is 0.347. The second-order valence-corrected chi connectivity index (χ2v) is 8.16. The Morgan fingerprint density at radius 1 is 1.34 bits per heavy atom. The predicted octanol–water partition coefficient (Wildman–Crippen LogP) is 3.03. The van der Waals surface area contributed by atoms with E-state index in [2.05, 4.69) is 66.3 Å². The number of pyridine rings is 1. The molecule has 1 aliphatic carbocycles. The molecule has 3 aromatic heterocycles. The Hall–Kier alpha value is -2.83. The van der Waals surface area contributed by atoms with Crippen molar-refractivity contribution < 1.29 is 0 Å². The third-order valence-electron chi connectivity index (χ3n) is 5.38. The zero-order valence-corrected chi connectivity index (χ0v) is 17.8. The largest absolute Gasteiger partial charge is 0.357 e. The highest BCUT2D eigenvalue weighted by Gasteiger charge is 2.23. The zero-order valence-electron chi connectivity index (χ0n) is 17.8. The molecule has 3 heterocycles. The molecule has 7 nitrogen and oxygen atoms in total. The van der Waals surface area contributed by atoms with Gasteiger partial charge in [-0.3, -0.25) is 4.68 Å². The van der Waals surface area contributed by atoms with E-state index in [1.54, 1.807) is 0 Å². The highest BCUT2D eigenvalue weighted by atomic mass is 15.3. The first kappa shape index (κ1) is 19.5. The van der Waals surface area contributed by atoms with Gasteiger partial charge in [0.25, 0.3) is 0 Å². The summed E-state index contributed by atoms with van der Waals surface area (Å²) in [6, 6.07) is 4.93. The summed E-state index contributed by atoms with van der Waals surface area (Å²) in [7, 11) is 0. The van der Waals surface area contributed by atoms with Crippen molar-refractivity contribution in [1.29, 1.82) is 0 Å². The van der Waals surface area contributed by atoms with Crippen molar-refractivity contribution in [3.8, 4) is 0 Å². The molecule has 7 heteroatoms. The lowest BCUT2D eigenvalue weighted by Crippen LogP contribution is -2.45. The van der Waals surface area contributed by atoms with Crippen molar-refractivity contribution in [3.63, 3.8) is 0 Å². The zero-order chi connectivity index (χ0) is 20.4. The van der Waals surface area contributed by atoms with E-state index in [4.69, 9.17) is 10.1 Å². The lowest BCUT2D eigenvalue weighted by Gasteiger charge is -2.24. The summed E-state index contributed by atoms with van der Waals surface area (Å²) < 4.78 is 4.13. The van der Waals surface area contributed by atoms with E-state index in [1.165, 1.54) is 16.8 Å². The summed E-state index contributed by atoms with van der Waals surface area (Å²) in [5.41, 5.74) is 5.75. The van der Waals surface area contributed by atoms with Crippen molar-refractivity contribution in [2.75, 3.05) is 6.54 Å². The fourth-order valence-electron chi connectivity index (χ4n) is 3.79. The van der Waals surface area contributed by atoms with Gasteiger partial charge >= 0.3 is 0 Å². The van der Waals surface area contributed by atoms with Gasteiger partial charge in [0.15, 0.2) is 5.96 Å². The van der Waals surface area contributed by atoms with Gasteiger partial charge in [0, 0.05) is 43.6 Å². The van der Waals surface area contributed by atoms with Gasteiger partial charge in [-0.2, -0.15) is 5.10 Å². The SMILES string of the molecule is CCNC(=NCc1cn2ccc(C)cc2n1)NC1CCc2cn(C(C)C)nc2C1. The first-order valence-electron chi connectivity index (χ1n) is 10.6. The number of nitrogens with zero attached hydrogens (tertiary/aromatic N) is 5. The molecule has 0 aromatic carbocycles. The summed E-state index contributed by atoms with van der Waals surface area (Å²) in [6.07, 6.45) is 9.39. The van der Waals surface area contributed by atoms with Gasteiger partial charge in [0.05, 0.1) is 17.9 Å². The van der Waals surface area contributed by atoms with Crippen LogP contribution in [-0.2, 0) is 19.4 Å². The molecule has 0 spiro atoms. The average Bonchev–Trinajstić information content (AvgIpc) is 3.29. The average molecular weight is 394 g/mol. The molecule has 154 valence electrons. The number of aryl methyl sites for hydroxylation is 2. The predicted molar refractivity (Wildman–Crippen MR) is 116 cm³/mol. The molecule has 0 aliphatic heterocycles. The van der Waals surface area contributed by atoms with Gasteiger partial charge in [0.1, 0.15) is 5.65 Å². The Bertz CT molecular complexity index is 1010. The van der Waals surface area contributed by atoms with Crippen LogP contribution in [0.2, 0.25) is 0 Å². The van der Waals surface area contributed by atoms with Crippen LogP contribution in [0.25, 0.3) is 5.65 Å². The Labute approximate surface area is 172 Å². The Morgan fingerprint density at radius 2 is 2.21 bits per heavy atom. The molecule has 0 fully saturated rings. The minimum Gasteiger partial charge on any atom is -0.357 e. The quantitative estimate of drug-likeness (QED) is 0.516. The lowest BCUT2D eigenvalue weighted by molar-refractivity contribution is 0.499. The maximum Gasteiger partial charge on any atom is 0.191 e. The van der Waals surface area contributed by atoms with Crippen LogP contribution >= 0.6 is 0 Å². The fourth-order valence-corrected chi connectivity index (χ4v) is 3.79. The van der Waals surface area contributed by atoms with E-state index in [1.807, 2.05) is 16.8 Å². The maximum atomic E-state index is 4.78. The molecule has 0 bridgehead atoms. The maximum absolute atomic E-state index is 4.78. The number of aromatic nitrogens is 4. The van der Waals surface area contributed by atoms with Crippen LogP contribution in [0.3, 0.4) is 0 Å². The molecule has 4 rings (SSSR count). The first-order valence-corrected chi connectivity index (χ1v) is 10.6. The second kappa shape index (κ2) is 8.27. The second-order valence-electron chi connectivity index (χ2n) is 8.16. The van der Waals surface area contributed by atoms with Crippen molar-refractivity contribution in [3.05, 3.63) is 53.2 Å². The number of rotatable bonds is 5. The topological polar surface area (TPSA) is 71.5 Å². The molecule has 0 radical (unpaired) electrons. The number of aliphatic imine (C=N–C) groups is 1. The Balaban J connectivity index is 1.44. The molecule has 3 aromatic rings. The van der Waals surface area contributed by atoms with Crippen molar-refractivity contribution in [2.24, 2.45) is 4.99 Å². The number of nitrogens with one attached hydrogen (secondary N) is 2. The minimum absolute atomic E-state index is 0.347. The molecule has 0 amide bonds. The molecule has 1 unspecified atom stereocenters. The van der Waals surface area contributed by atoms with E-state index >= 15 is 0 Å². The van der Waals surface area contributed by atoms with E-state index in [0.29, 0.717) is 18.6 Å². The highest BCUT2D eigenvalue weighted by Crippen LogP contribution is 2.21. The molecule has 1 atom stereocenters. The third kappa shape index (κ3) is 4.44. The molecule has 2 N–H and O–H groups in total. The number of hydrogen-bond acceptors (Lipinski definition) is 3. The number of imidazole rings is 1. The lowest BCUT2D eigenvalue weighted by atomic mass is 9.94. The summed E-state index contributed by atoms with van der Waals surface area (Å²) in [4.78, 5) is 9.47. The molecule has 29 heavy (non-hydrogen) atoms. The number of guanidine groups is 1. The summed E-state index contributed by atoms with van der Waals surface area (Å²) in [5.74, 6) is 0.845. The molecular weight excluding hydrogens is 362 g/mol. The van der Waals surface area contributed by atoms with Crippen molar-refractivity contribution in [2.45, 2.75) is 65.6 Å². The van der Waals surface area contributed by atoms with E-state index in [9.17, 15) is 0 Å². The summed E-state index contributed by atoms with van der Waals surface area (Å²) in [5, 5.41) is 11.8. The molecule has 0 saturated heterocycles. The van der Waals surface area contributed by atoms with E-state index < -0.39 is 0 Å². The van der Waals surface area contributed by atoms with Crippen LogP contribution < -0.4 is 10.6 Å². The van der Waals surface area contributed by atoms with Crippen LogP contribution in [-0.4, -0.2) is 37.7 Å². The highest BCUT2D eigenvalue weighted by molar-refractivity contribution is 5.80. The van der Waals surface area contributed by atoms with E-state index in [0.717, 1.165) is 43.1 Å². The summed E-state index contributed by atoms with van der Waals surface area (Å²) >= 11 is 0. The monoisotopic (exact) mass is 393 g/mol. The van der Waals surface area contributed by atoms with Crippen LogP contribution in [0.1, 0.15) is 55.7 Å². The van der Waals surface area contributed by atoms with Crippen LogP contribution in [0.5, 0.6) is 0 Å². The van der Waals surface area contributed by atoms with Crippen LogP contribution in [0.4, 0.5) is 0 Å². The molecular formula is C22H31N7. The molecule has 0 saturated carbocycles. The van der Waals surface area contributed by atoms with Gasteiger partial charge < -0.3 is 15.0 Å². The fraction of sp³-hybridized carbons (Fsp3) is 0.500. The van der Waals surface area contributed by atoms with Gasteiger partial charge in [-0.05, 0) is 63.8 Å². The number of fused-ring (bicyclic) bond motifs is 2. The summed E-state index contributed by atoms with van der Waals surface area (Å²) in [6.45, 7) is 9.90. The third-order valence-corrected chi connectivity index (χ3v) is 5.38. The number of hydrogen-bond donors (Lipinski definition) is 2. The van der Waals surface area contributed by atoms with Gasteiger partial charge in [-0.15, -0.1) is 0 Å². The first-order chi connectivity index (χ1) is 14.0. The van der Waals surface area contributed by atoms with E-state index in [-0.39, 0.29) is 0 Å². The Morgan fingerprint density at radius 3 is 3.00 bits per heavy atom. The van der Waals surface area contributed by atoms with Gasteiger partial charge in [-0.25, -0.2) is 9.98 Å². The standard InChI is InChI=1S/C22H31N7/c1-5-23-22(24-12-19-14-28-9-8-16(4)10-21(28)25-19)26-18-7-6-17-13-29(15(2)3)27-20(17)11-18/h8-10,13-15,18H,5-7,11-12H2,1-4H3,(H2,23,24,26). The smallest absolute Gasteiger partial charge is 0.191 e. The van der Waals surface area contributed by atoms with Crippen molar-refractivity contribution >= 4 is 11.6 Å². The van der Waals surface area contributed by atoms with Gasteiger partial charge in [0.2, 0.25) is 0 Å². The van der Waals surface area contributed by atoms with Gasteiger partial charge in [-0.1, -0.05) is 0 Å². The van der Waals surface area contributed by atoms with Crippen LogP contribution in [0.15, 0.2) is 35.7 Å². The molecule has 1 aliphatic rings. The van der Waals surface area contributed by atoms with Crippen LogP contribution in [0, 0.1) is 6.92 Å².